The summed E-state index contributed by atoms with van der Waals surface area (Å²) in [6, 6.07) is 1.15. The third-order valence-corrected chi connectivity index (χ3v) is 5.23. The van der Waals surface area contributed by atoms with Crippen molar-refractivity contribution < 1.29 is 4.79 Å². The highest BCUT2D eigenvalue weighted by Gasteiger charge is 2.31. The van der Waals surface area contributed by atoms with Gasteiger partial charge in [-0.25, -0.2) is 0 Å². The van der Waals surface area contributed by atoms with Gasteiger partial charge in [0.2, 0.25) is 5.91 Å². The maximum atomic E-state index is 11.3. The second-order valence-corrected chi connectivity index (χ2v) is 6.50. The number of carbonyl (C=O) groups excluding carboxylic acids is 1. The molecule has 2 rings (SSSR count). The van der Waals surface area contributed by atoms with Crippen molar-refractivity contribution >= 4 is 5.91 Å². The minimum Gasteiger partial charge on any atom is -0.369 e. The molecule has 3 nitrogen and oxygen atoms in total. The molecule has 2 aliphatic rings. The summed E-state index contributed by atoms with van der Waals surface area (Å²) in [4.78, 5) is 11.3. The van der Waals surface area contributed by atoms with Gasteiger partial charge < -0.3 is 11.1 Å². The van der Waals surface area contributed by atoms with E-state index in [2.05, 4.69) is 19.2 Å². The average Bonchev–Trinajstić information content (AvgIpc) is 2.35. The van der Waals surface area contributed by atoms with Gasteiger partial charge in [0, 0.05) is 18.0 Å². The van der Waals surface area contributed by atoms with Gasteiger partial charge in [-0.1, -0.05) is 33.1 Å². The second-order valence-electron chi connectivity index (χ2n) is 6.50. The van der Waals surface area contributed by atoms with E-state index in [1.807, 2.05) is 0 Å². The predicted molar refractivity (Wildman–Crippen MR) is 74.0 cm³/mol. The summed E-state index contributed by atoms with van der Waals surface area (Å²) < 4.78 is 0. The molecule has 0 saturated heterocycles. The molecule has 3 N–H and O–H groups in total. The Morgan fingerprint density at radius 1 is 1.11 bits per heavy atom. The Bertz CT molecular complexity index is 292. The van der Waals surface area contributed by atoms with Crippen molar-refractivity contribution in [1.29, 1.82) is 0 Å². The van der Waals surface area contributed by atoms with E-state index >= 15 is 0 Å². The highest BCUT2D eigenvalue weighted by molar-refractivity contribution is 5.76. The van der Waals surface area contributed by atoms with E-state index < -0.39 is 0 Å². The lowest BCUT2D eigenvalue weighted by molar-refractivity contribution is -0.123. The Labute approximate surface area is 111 Å². The van der Waals surface area contributed by atoms with E-state index in [1.165, 1.54) is 25.7 Å². The number of nitrogens with one attached hydrogen (secondary N) is 1. The van der Waals surface area contributed by atoms with Crippen LogP contribution in [0.25, 0.3) is 0 Å². The zero-order valence-electron chi connectivity index (χ0n) is 11.8. The topological polar surface area (TPSA) is 55.1 Å². The van der Waals surface area contributed by atoms with Crippen LogP contribution in [0.5, 0.6) is 0 Å². The summed E-state index contributed by atoms with van der Waals surface area (Å²) in [6.45, 7) is 4.74. The summed E-state index contributed by atoms with van der Waals surface area (Å²) in [5, 5.41) is 3.82. The van der Waals surface area contributed by atoms with Crippen LogP contribution in [0.1, 0.15) is 58.8 Å². The predicted octanol–water partition coefficient (Wildman–Crippen LogP) is 2.44. The standard InChI is InChI=1S/C15H28N2O/c1-10-5-3-8-14(11(10)2)17-13-7-4-6-12(9-13)15(16)18/h10-14,17H,3-9H2,1-2H3,(H2,16,18)/t10-,11+,12-,13-,14+/m1/s1. The quantitative estimate of drug-likeness (QED) is 0.810. The Morgan fingerprint density at radius 2 is 1.83 bits per heavy atom. The van der Waals surface area contributed by atoms with Crippen LogP contribution in [-0.2, 0) is 4.79 Å². The van der Waals surface area contributed by atoms with E-state index in [0.717, 1.165) is 31.1 Å². The van der Waals surface area contributed by atoms with Crippen LogP contribution < -0.4 is 11.1 Å². The summed E-state index contributed by atoms with van der Waals surface area (Å²) in [5.74, 6) is 1.58. The van der Waals surface area contributed by atoms with Gasteiger partial charge in [-0.2, -0.15) is 0 Å². The van der Waals surface area contributed by atoms with E-state index in [0.29, 0.717) is 12.1 Å². The molecule has 0 aromatic rings. The number of rotatable bonds is 3. The van der Waals surface area contributed by atoms with Crippen LogP contribution in [0.3, 0.4) is 0 Å². The number of amides is 1. The van der Waals surface area contributed by atoms with Gasteiger partial charge in [0.15, 0.2) is 0 Å². The van der Waals surface area contributed by atoms with Crippen LogP contribution in [-0.4, -0.2) is 18.0 Å². The first-order valence-corrected chi connectivity index (χ1v) is 7.63. The first-order valence-electron chi connectivity index (χ1n) is 7.63. The molecule has 0 aliphatic heterocycles. The Balaban J connectivity index is 1.86. The van der Waals surface area contributed by atoms with Crippen molar-refractivity contribution in [2.24, 2.45) is 23.5 Å². The van der Waals surface area contributed by atoms with Crippen LogP contribution in [0.4, 0.5) is 0 Å². The number of hydrogen-bond donors (Lipinski definition) is 2. The molecule has 1 amide bonds. The molecule has 104 valence electrons. The third kappa shape index (κ3) is 3.25. The van der Waals surface area contributed by atoms with Crippen LogP contribution in [0.15, 0.2) is 0 Å². The number of carbonyl (C=O) groups is 1. The molecular weight excluding hydrogens is 224 g/mol. The van der Waals surface area contributed by atoms with E-state index in [1.54, 1.807) is 0 Å². The van der Waals surface area contributed by atoms with Crippen LogP contribution in [0, 0.1) is 17.8 Å². The molecule has 5 atom stereocenters. The lowest BCUT2D eigenvalue weighted by Gasteiger charge is -2.39. The van der Waals surface area contributed by atoms with Crippen molar-refractivity contribution in [3.8, 4) is 0 Å². The highest BCUT2D eigenvalue weighted by atomic mass is 16.1. The minimum atomic E-state index is -0.105. The molecule has 2 aliphatic carbocycles. The number of hydrogen-bond acceptors (Lipinski definition) is 2. The van der Waals surface area contributed by atoms with E-state index in [4.69, 9.17) is 5.73 Å². The fraction of sp³-hybridized carbons (Fsp3) is 0.933. The lowest BCUT2D eigenvalue weighted by Crippen LogP contribution is -2.48. The molecule has 18 heavy (non-hydrogen) atoms. The maximum Gasteiger partial charge on any atom is 0.220 e. The smallest absolute Gasteiger partial charge is 0.220 e. The van der Waals surface area contributed by atoms with Gasteiger partial charge in [0.25, 0.3) is 0 Å². The van der Waals surface area contributed by atoms with Crippen LogP contribution >= 0.6 is 0 Å². The first-order chi connectivity index (χ1) is 8.58. The molecule has 2 saturated carbocycles. The number of primary amides is 1. The summed E-state index contributed by atoms with van der Waals surface area (Å²) in [5.41, 5.74) is 5.45. The van der Waals surface area contributed by atoms with Crippen molar-refractivity contribution in [1.82, 2.24) is 5.32 Å². The Hall–Kier alpha value is -0.570. The SMILES string of the molecule is C[C@H]1[C@H](C)CCC[C@@H]1N[C@@H]1CCC[C@@H](C(N)=O)C1. The van der Waals surface area contributed by atoms with Crippen molar-refractivity contribution in [3.63, 3.8) is 0 Å². The van der Waals surface area contributed by atoms with Gasteiger partial charge >= 0.3 is 0 Å². The summed E-state index contributed by atoms with van der Waals surface area (Å²) in [6.07, 6.45) is 8.30. The lowest BCUT2D eigenvalue weighted by atomic mass is 9.77. The monoisotopic (exact) mass is 252 g/mol. The van der Waals surface area contributed by atoms with Crippen LogP contribution in [0.2, 0.25) is 0 Å². The minimum absolute atomic E-state index is 0.104. The Morgan fingerprint density at radius 3 is 2.56 bits per heavy atom. The van der Waals surface area contributed by atoms with E-state index in [-0.39, 0.29) is 11.8 Å². The zero-order valence-corrected chi connectivity index (χ0v) is 11.8. The number of nitrogens with two attached hydrogens (primary N) is 1. The summed E-state index contributed by atoms with van der Waals surface area (Å²) >= 11 is 0. The molecule has 2 fully saturated rings. The normalized spacial score (nSPS) is 41.6. The molecule has 0 spiro atoms. The fourth-order valence-corrected chi connectivity index (χ4v) is 3.72. The first kappa shape index (κ1) is 13.9. The largest absolute Gasteiger partial charge is 0.369 e. The molecule has 0 aromatic carbocycles. The van der Waals surface area contributed by atoms with Gasteiger partial charge in [0.1, 0.15) is 0 Å². The molecule has 0 heterocycles. The van der Waals surface area contributed by atoms with E-state index in [9.17, 15) is 4.79 Å². The van der Waals surface area contributed by atoms with Gasteiger partial charge in [0.05, 0.1) is 0 Å². The Kier molecular flexibility index (Phi) is 4.66. The van der Waals surface area contributed by atoms with Gasteiger partial charge in [-0.05, 0) is 37.5 Å². The summed E-state index contributed by atoms with van der Waals surface area (Å²) in [7, 11) is 0. The van der Waals surface area contributed by atoms with Gasteiger partial charge in [-0.3, -0.25) is 4.79 Å². The average molecular weight is 252 g/mol. The highest BCUT2D eigenvalue weighted by Crippen LogP contribution is 2.31. The molecule has 0 bridgehead atoms. The molecular formula is C15H28N2O. The zero-order chi connectivity index (χ0) is 13.1. The fourth-order valence-electron chi connectivity index (χ4n) is 3.72. The van der Waals surface area contributed by atoms with Gasteiger partial charge in [-0.15, -0.1) is 0 Å². The molecule has 3 heteroatoms. The maximum absolute atomic E-state index is 11.3. The van der Waals surface area contributed by atoms with Crippen molar-refractivity contribution in [2.45, 2.75) is 70.9 Å². The van der Waals surface area contributed by atoms with Crippen molar-refractivity contribution in [3.05, 3.63) is 0 Å². The molecule has 0 unspecified atom stereocenters. The molecule has 0 radical (unpaired) electrons. The third-order valence-electron chi connectivity index (χ3n) is 5.23. The van der Waals surface area contributed by atoms with Crippen molar-refractivity contribution in [2.75, 3.05) is 0 Å². The molecule has 0 aromatic heterocycles. The second kappa shape index (κ2) is 6.05.